The van der Waals surface area contributed by atoms with Crippen LogP contribution in [-0.2, 0) is 0 Å². The molecule has 0 aliphatic carbocycles. The normalized spacial score (nSPS) is 10.4. The second-order valence-corrected chi connectivity index (χ2v) is 3.44. The topological polar surface area (TPSA) is 66.0 Å². The van der Waals surface area contributed by atoms with Crippen LogP contribution in [0.4, 0.5) is 4.39 Å². The van der Waals surface area contributed by atoms with Crippen molar-refractivity contribution >= 4 is 17.6 Å². The second kappa shape index (κ2) is 3.94. The number of benzene rings is 1. The largest absolute Gasteiger partial charge is 0.476 e. The Balaban J connectivity index is 2.49. The van der Waals surface area contributed by atoms with Crippen molar-refractivity contribution in [2.24, 2.45) is 0 Å². The van der Waals surface area contributed by atoms with Gasteiger partial charge in [0.25, 0.3) is 0 Å². The van der Waals surface area contributed by atoms with Gasteiger partial charge in [0.2, 0.25) is 0 Å². The Labute approximate surface area is 94.7 Å². The average molecular weight is 241 g/mol. The van der Waals surface area contributed by atoms with Gasteiger partial charge in [-0.25, -0.2) is 14.2 Å². The maximum absolute atomic E-state index is 12.9. The van der Waals surface area contributed by atoms with Crippen LogP contribution in [0.25, 0.3) is 11.4 Å². The van der Waals surface area contributed by atoms with Crippen LogP contribution >= 0.6 is 11.6 Å². The number of nitrogens with zero attached hydrogens (tertiary/aromatic N) is 1. The van der Waals surface area contributed by atoms with E-state index >= 15 is 0 Å². The summed E-state index contributed by atoms with van der Waals surface area (Å²) in [5.41, 5.74) is 0.162. The summed E-state index contributed by atoms with van der Waals surface area (Å²) < 4.78 is 12.9. The molecule has 2 aromatic rings. The first kappa shape index (κ1) is 10.6. The third kappa shape index (κ3) is 1.90. The predicted octanol–water partition coefficient (Wildman–Crippen LogP) is 2.57. The van der Waals surface area contributed by atoms with Crippen LogP contribution < -0.4 is 0 Å². The van der Waals surface area contributed by atoms with E-state index in [2.05, 4.69) is 9.97 Å². The number of carboxylic acid groups (broad SMARTS) is 1. The molecule has 82 valence electrons. The number of halogens is 2. The third-order valence-electron chi connectivity index (χ3n) is 1.96. The van der Waals surface area contributed by atoms with Gasteiger partial charge in [0.15, 0.2) is 5.69 Å². The number of aromatic amines is 1. The van der Waals surface area contributed by atoms with E-state index in [9.17, 15) is 9.18 Å². The van der Waals surface area contributed by atoms with Gasteiger partial charge in [-0.3, -0.25) is 0 Å². The minimum Gasteiger partial charge on any atom is -0.476 e. The zero-order chi connectivity index (χ0) is 11.7. The van der Waals surface area contributed by atoms with E-state index in [4.69, 9.17) is 16.7 Å². The molecule has 0 bridgehead atoms. The van der Waals surface area contributed by atoms with Gasteiger partial charge in [0.05, 0.1) is 0 Å². The number of nitrogens with one attached hydrogen (secondary N) is 1. The highest BCUT2D eigenvalue weighted by atomic mass is 35.5. The Morgan fingerprint density at radius 3 is 2.81 bits per heavy atom. The quantitative estimate of drug-likeness (QED) is 0.848. The van der Waals surface area contributed by atoms with Gasteiger partial charge >= 0.3 is 5.97 Å². The van der Waals surface area contributed by atoms with Crippen LogP contribution in [0, 0.1) is 5.82 Å². The lowest BCUT2D eigenvalue weighted by molar-refractivity contribution is 0.0691. The summed E-state index contributed by atoms with van der Waals surface area (Å²) in [4.78, 5) is 17.0. The van der Waals surface area contributed by atoms with Crippen LogP contribution in [0.5, 0.6) is 0 Å². The number of aromatic nitrogens is 2. The fraction of sp³-hybridized carbons (Fsp3) is 0. The zero-order valence-electron chi connectivity index (χ0n) is 7.87. The Morgan fingerprint density at radius 2 is 2.25 bits per heavy atom. The molecule has 6 heteroatoms. The summed E-state index contributed by atoms with van der Waals surface area (Å²) in [5, 5.41) is 8.66. The molecule has 1 aromatic carbocycles. The van der Waals surface area contributed by atoms with E-state index in [-0.39, 0.29) is 16.7 Å². The first-order valence-electron chi connectivity index (χ1n) is 4.32. The third-order valence-corrected chi connectivity index (χ3v) is 2.23. The van der Waals surface area contributed by atoms with E-state index < -0.39 is 11.8 Å². The van der Waals surface area contributed by atoms with Crippen molar-refractivity contribution in [1.82, 2.24) is 9.97 Å². The monoisotopic (exact) mass is 240 g/mol. The van der Waals surface area contributed by atoms with Gasteiger partial charge in [0, 0.05) is 5.56 Å². The fourth-order valence-electron chi connectivity index (χ4n) is 1.27. The number of aromatic carboxylic acids is 1. The maximum atomic E-state index is 12.9. The Bertz CT molecular complexity index is 554. The van der Waals surface area contributed by atoms with Crippen molar-refractivity contribution in [1.29, 1.82) is 0 Å². The van der Waals surface area contributed by atoms with Gasteiger partial charge in [-0.2, -0.15) is 0 Å². The molecule has 0 amide bonds. The number of carboxylic acids is 1. The van der Waals surface area contributed by atoms with Gasteiger partial charge in [-0.1, -0.05) is 23.7 Å². The number of hydrogen-bond acceptors (Lipinski definition) is 2. The molecule has 0 saturated carbocycles. The molecule has 1 heterocycles. The molecule has 0 spiro atoms. The van der Waals surface area contributed by atoms with Crippen LogP contribution in [0.2, 0.25) is 5.15 Å². The van der Waals surface area contributed by atoms with Crippen molar-refractivity contribution < 1.29 is 14.3 Å². The van der Waals surface area contributed by atoms with E-state index in [1.165, 1.54) is 18.2 Å². The molecule has 0 saturated heterocycles. The van der Waals surface area contributed by atoms with E-state index in [0.717, 1.165) is 0 Å². The molecular formula is C10H6ClFN2O2. The number of rotatable bonds is 2. The standard InChI is InChI=1S/C10H6ClFN2O2/c11-8-7(10(15)16)13-9(14-8)5-2-1-3-6(12)4-5/h1-4H,(H,13,14)(H,15,16). The minimum atomic E-state index is -1.23. The maximum Gasteiger partial charge on any atom is 0.357 e. The number of H-pyrrole nitrogens is 1. The predicted molar refractivity (Wildman–Crippen MR) is 56.0 cm³/mol. The summed E-state index contributed by atoms with van der Waals surface area (Å²) in [6.45, 7) is 0. The van der Waals surface area contributed by atoms with Gasteiger partial charge in [-0.05, 0) is 12.1 Å². The van der Waals surface area contributed by atoms with Crippen molar-refractivity contribution in [2.45, 2.75) is 0 Å². The molecule has 0 unspecified atom stereocenters. The summed E-state index contributed by atoms with van der Waals surface area (Å²) in [7, 11) is 0. The van der Waals surface area contributed by atoms with E-state index in [1.807, 2.05) is 0 Å². The molecule has 0 radical (unpaired) electrons. The lowest BCUT2D eigenvalue weighted by Crippen LogP contribution is -1.96. The highest BCUT2D eigenvalue weighted by Crippen LogP contribution is 2.21. The SMILES string of the molecule is O=C(O)c1nc(-c2cccc(F)c2)[nH]c1Cl. The first-order valence-corrected chi connectivity index (χ1v) is 4.70. The van der Waals surface area contributed by atoms with Gasteiger partial charge in [0.1, 0.15) is 16.8 Å². The van der Waals surface area contributed by atoms with Crippen molar-refractivity contribution in [3.8, 4) is 11.4 Å². The molecule has 0 aliphatic rings. The molecule has 0 fully saturated rings. The van der Waals surface area contributed by atoms with Crippen LogP contribution in [-0.4, -0.2) is 21.0 Å². The van der Waals surface area contributed by atoms with Gasteiger partial charge < -0.3 is 10.1 Å². The summed E-state index contributed by atoms with van der Waals surface area (Å²) >= 11 is 5.64. The summed E-state index contributed by atoms with van der Waals surface area (Å²) in [6.07, 6.45) is 0. The van der Waals surface area contributed by atoms with Crippen molar-refractivity contribution in [3.05, 3.63) is 40.9 Å². The molecule has 16 heavy (non-hydrogen) atoms. The summed E-state index contributed by atoms with van der Waals surface area (Å²) in [6, 6.07) is 5.62. The molecule has 1 aromatic heterocycles. The van der Waals surface area contributed by atoms with Crippen molar-refractivity contribution in [2.75, 3.05) is 0 Å². The van der Waals surface area contributed by atoms with Crippen LogP contribution in [0.15, 0.2) is 24.3 Å². The highest BCUT2D eigenvalue weighted by Gasteiger charge is 2.15. The molecule has 0 aliphatic heterocycles. The highest BCUT2D eigenvalue weighted by molar-refractivity contribution is 6.32. The van der Waals surface area contributed by atoms with E-state index in [0.29, 0.717) is 5.56 Å². The van der Waals surface area contributed by atoms with Crippen LogP contribution in [0.3, 0.4) is 0 Å². The Morgan fingerprint density at radius 1 is 1.50 bits per heavy atom. The average Bonchev–Trinajstić information content (AvgIpc) is 2.60. The van der Waals surface area contributed by atoms with Gasteiger partial charge in [-0.15, -0.1) is 0 Å². The Kier molecular flexibility index (Phi) is 2.62. The molecule has 0 atom stereocenters. The summed E-state index contributed by atoms with van der Waals surface area (Å²) in [5.74, 6) is -1.44. The fourth-order valence-corrected chi connectivity index (χ4v) is 1.48. The zero-order valence-corrected chi connectivity index (χ0v) is 8.62. The first-order chi connectivity index (χ1) is 7.58. The van der Waals surface area contributed by atoms with Crippen molar-refractivity contribution in [3.63, 3.8) is 0 Å². The van der Waals surface area contributed by atoms with Crippen LogP contribution in [0.1, 0.15) is 10.5 Å². The molecule has 2 rings (SSSR count). The Hall–Kier alpha value is -1.88. The van der Waals surface area contributed by atoms with E-state index in [1.54, 1.807) is 6.07 Å². The number of hydrogen-bond donors (Lipinski definition) is 2. The molecule has 2 N–H and O–H groups in total. The molecular weight excluding hydrogens is 235 g/mol. The lowest BCUT2D eigenvalue weighted by atomic mass is 10.2. The lowest BCUT2D eigenvalue weighted by Gasteiger charge is -1.95. The number of imidazole rings is 1. The second-order valence-electron chi connectivity index (χ2n) is 3.06. The minimum absolute atomic E-state index is 0.0771. The number of carbonyl (C=O) groups is 1. The molecule has 4 nitrogen and oxygen atoms in total. The smallest absolute Gasteiger partial charge is 0.357 e.